The summed E-state index contributed by atoms with van der Waals surface area (Å²) in [7, 11) is 3.04. The van der Waals surface area contributed by atoms with Crippen LogP contribution in [0, 0.1) is 17.1 Å². The highest BCUT2D eigenvalue weighted by molar-refractivity contribution is 6.32. The first-order valence-electron chi connectivity index (χ1n) is 6.64. The minimum absolute atomic E-state index is 0.333. The maximum absolute atomic E-state index is 13.4. The molecule has 3 nitrogen and oxygen atoms in total. The molecule has 5 heteroatoms. The molecule has 0 bridgehead atoms. The van der Waals surface area contributed by atoms with Crippen LogP contribution in [0.25, 0.3) is 0 Å². The van der Waals surface area contributed by atoms with Crippen LogP contribution in [-0.4, -0.2) is 14.2 Å². The molecule has 0 aliphatic heterocycles. The first kappa shape index (κ1) is 16.1. The molecule has 0 aliphatic rings. The quantitative estimate of drug-likeness (QED) is 0.823. The van der Waals surface area contributed by atoms with Gasteiger partial charge in [0.1, 0.15) is 17.3 Å². The van der Waals surface area contributed by atoms with Crippen molar-refractivity contribution >= 4 is 11.6 Å². The van der Waals surface area contributed by atoms with Crippen molar-refractivity contribution in [2.24, 2.45) is 0 Å². The predicted octanol–water partition coefficient (Wildman–Crippen LogP) is 4.35. The van der Waals surface area contributed by atoms with Crippen molar-refractivity contribution in [1.29, 1.82) is 5.26 Å². The van der Waals surface area contributed by atoms with Crippen molar-refractivity contribution in [2.75, 3.05) is 14.2 Å². The molecule has 2 aromatic carbocycles. The summed E-state index contributed by atoms with van der Waals surface area (Å²) in [5.41, 5.74) is 1.39. The molecule has 1 unspecified atom stereocenters. The van der Waals surface area contributed by atoms with E-state index in [1.807, 2.05) is 0 Å². The molecule has 0 spiro atoms. The summed E-state index contributed by atoms with van der Waals surface area (Å²) in [4.78, 5) is 0. The first-order valence-corrected chi connectivity index (χ1v) is 7.02. The van der Waals surface area contributed by atoms with Gasteiger partial charge in [-0.15, -0.1) is 0 Å². The van der Waals surface area contributed by atoms with Crippen molar-refractivity contribution in [3.05, 3.63) is 58.4 Å². The van der Waals surface area contributed by atoms with Gasteiger partial charge in [-0.05, 0) is 47.9 Å². The fraction of sp³-hybridized carbons (Fsp3) is 0.235. The summed E-state index contributed by atoms with van der Waals surface area (Å²) in [5.74, 6) is 0.283. The normalized spacial score (nSPS) is 11.6. The summed E-state index contributed by atoms with van der Waals surface area (Å²) in [6.07, 6.45) is 0.333. The van der Waals surface area contributed by atoms with E-state index in [4.69, 9.17) is 21.1 Å². The Kier molecular flexibility index (Phi) is 5.24. The van der Waals surface area contributed by atoms with Gasteiger partial charge >= 0.3 is 0 Å². The maximum Gasteiger partial charge on any atom is 0.137 e. The van der Waals surface area contributed by atoms with Gasteiger partial charge < -0.3 is 9.47 Å². The molecule has 0 aliphatic carbocycles. The van der Waals surface area contributed by atoms with E-state index in [0.29, 0.717) is 28.5 Å². The molecule has 0 heterocycles. The minimum atomic E-state index is -0.459. The fourth-order valence-corrected chi connectivity index (χ4v) is 2.53. The van der Waals surface area contributed by atoms with Crippen molar-refractivity contribution in [3.8, 4) is 17.6 Å². The Labute approximate surface area is 133 Å². The molecule has 114 valence electrons. The van der Waals surface area contributed by atoms with E-state index < -0.39 is 5.92 Å². The molecule has 0 fully saturated rings. The number of hydrogen-bond acceptors (Lipinski definition) is 3. The summed E-state index contributed by atoms with van der Waals surface area (Å²) < 4.78 is 23.7. The van der Waals surface area contributed by atoms with Crippen LogP contribution in [0.2, 0.25) is 5.02 Å². The number of methoxy groups -OCH3 is 2. The standard InChI is InChI=1S/C17H15ClFNO2/c1-21-16-6-4-14(19)8-12(16)7-13(10-20)11-3-5-17(22-2)15(18)9-11/h3-6,8-9,13H,7H2,1-2H3. The van der Waals surface area contributed by atoms with Gasteiger partial charge in [-0.2, -0.15) is 5.26 Å². The van der Waals surface area contributed by atoms with Gasteiger partial charge in [-0.25, -0.2) is 4.39 Å². The zero-order valence-corrected chi connectivity index (χ0v) is 13.0. The maximum atomic E-state index is 13.4. The van der Waals surface area contributed by atoms with Crippen LogP contribution >= 0.6 is 11.6 Å². The predicted molar refractivity (Wildman–Crippen MR) is 83.0 cm³/mol. The van der Waals surface area contributed by atoms with Gasteiger partial charge in [0.25, 0.3) is 0 Å². The second-order valence-corrected chi connectivity index (χ2v) is 5.14. The Hall–Kier alpha value is -2.25. The van der Waals surface area contributed by atoms with Gasteiger partial charge in [0.15, 0.2) is 0 Å². The first-order chi connectivity index (χ1) is 10.6. The minimum Gasteiger partial charge on any atom is -0.496 e. The molecule has 0 N–H and O–H groups in total. The Morgan fingerprint density at radius 2 is 1.82 bits per heavy atom. The smallest absolute Gasteiger partial charge is 0.137 e. The third-order valence-corrected chi connectivity index (χ3v) is 3.70. The van der Waals surface area contributed by atoms with Crippen LogP contribution in [0.15, 0.2) is 36.4 Å². The second-order valence-electron chi connectivity index (χ2n) is 4.74. The van der Waals surface area contributed by atoms with Crippen LogP contribution in [0.5, 0.6) is 11.5 Å². The van der Waals surface area contributed by atoms with Crippen molar-refractivity contribution in [1.82, 2.24) is 0 Å². The highest BCUT2D eigenvalue weighted by Crippen LogP contribution is 2.31. The van der Waals surface area contributed by atoms with Crippen molar-refractivity contribution in [3.63, 3.8) is 0 Å². The lowest BCUT2D eigenvalue weighted by atomic mass is 9.92. The lowest BCUT2D eigenvalue weighted by Gasteiger charge is -2.14. The van der Waals surface area contributed by atoms with Crippen LogP contribution in [-0.2, 0) is 6.42 Å². The SMILES string of the molecule is COc1ccc(C(C#N)Cc2cc(F)ccc2OC)cc1Cl. The summed E-state index contributed by atoms with van der Waals surface area (Å²) in [5, 5.41) is 9.87. The van der Waals surface area contributed by atoms with Crippen LogP contribution in [0.1, 0.15) is 17.0 Å². The van der Waals surface area contributed by atoms with E-state index in [0.717, 1.165) is 5.56 Å². The third kappa shape index (κ3) is 3.49. The van der Waals surface area contributed by atoms with Gasteiger partial charge in [-0.3, -0.25) is 0 Å². The van der Waals surface area contributed by atoms with E-state index >= 15 is 0 Å². The largest absolute Gasteiger partial charge is 0.496 e. The number of hydrogen-bond donors (Lipinski definition) is 0. The van der Waals surface area contributed by atoms with E-state index in [-0.39, 0.29) is 5.82 Å². The monoisotopic (exact) mass is 319 g/mol. The number of rotatable bonds is 5. The van der Waals surface area contributed by atoms with Gasteiger partial charge in [-0.1, -0.05) is 17.7 Å². The second kappa shape index (κ2) is 7.15. The topological polar surface area (TPSA) is 42.2 Å². The molecule has 0 radical (unpaired) electrons. The zero-order chi connectivity index (χ0) is 16.1. The number of benzene rings is 2. The van der Waals surface area contributed by atoms with Crippen LogP contribution in [0.3, 0.4) is 0 Å². The number of nitriles is 1. The van der Waals surface area contributed by atoms with E-state index in [2.05, 4.69) is 6.07 Å². The van der Waals surface area contributed by atoms with E-state index in [9.17, 15) is 9.65 Å². The fourth-order valence-electron chi connectivity index (χ4n) is 2.26. The van der Waals surface area contributed by atoms with Crippen LogP contribution in [0.4, 0.5) is 4.39 Å². The third-order valence-electron chi connectivity index (χ3n) is 3.40. The summed E-state index contributed by atoms with van der Waals surface area (Å²) in [6.45, 7) is 0. The van der Waals surface area contributed by atoms with Crippen molar-refractivity contribution in [2.45, 2.75) is 12.3 Å². The molecule has 2 aromatic rings. The lowest BCUT2D eigenvalue weighted by Crippen LogP contribution is -2.03. The number of nitrogens with zero attached hydrogens (tertiary/aromatic N) is 1. The lowest BCUT2D eigenvalue weighted by molar-refractivity contribution is 0.407. The molecular formula is C17H15ClFNO2. The Morgan fingerprint density at radius 1 is 1.14 bits per heavy atom. The summed E-state index contributed by atoms with van der Waals surface area (Å²) >= 11 is 6.10. The van der Waals surface area contributed by atoms with Crippen molar-refractivity contribution < 1.29 is 13.9 Å². The highest BCUT2D eigenvalue weighted by Gasteiger charge is 2.16. The molecule has 0 amide bonds. The average Bonchev–Trinajstić information content (AvgIpc) is 2.52. The van der Waals surface area contributed by atoms with Gasteiger partial charge in [0.05, 0.1) is 31.2 Å². The molecule has 0 saturated heterocycles. The molecule has 2 rings (SSSR count). The number of ether oxygens (including phenoxy) is 2. The Morgan fingerprint density at radius 3 is 2.41 bits per heavy atom. The van der Waals surface area contributed by atoms with Crippen LogP contribution < -0.4 is 9.47 Å². The Bertz CT molecular complexity index is 712. The van der Waals surface area contributed by atoms with E-state index in [1.165, 1.54) is 26.4 Å². The van der Waals surface area contributed by atoms with Gasteiger partial charge in [0.2, 0.25) is 0 Å². The molecule has 22 heavy (non-hydrogen) atoms. The molecule has 0 aromatic heterocycles. The zero-order valence-electron chi connectivity index (χ0n) is 12.3. The molecule has 0 saturated carbocycles. The molecule has 1 atom stereocenters. The molecular weight excluding hydrogens is 305 g/mol. The number of halogens is 2. The average molecular weight is 320 g/mol. The van der Waals surface area contributed by atoms with E-state index in [1.54, 1.807) is 24.3 Å². The Balaban J connectivity index is 2.32. The summed E-state index contributed by atoms with van der Waals surface area (Å²) in [6, 6.07) is 11.7. The highest BCUT2D eigenvalue weighted by atomic mass is 35.5. The van der Waals surface area contributed by atoms with Gasteiger partial charge in [0, 0.05) is 0 Å².